The Bertz CT molecular complexity index is 696. The molecule has 90 valence electrons. The summed E-state index contributed by atoms with van der Waals surface area (Å²) in [4.78, 5) is 8.91. The van der Waals surface area contributed by atoms with Gasteiger partial charge < -0.3 is 10.5 Å². The summed E-state index contributed by atoms with van der Waals surface area (Å²) in [6.07, 6.45) is 0. The van der Waals surface area contributed by atoms with Gasteiger partial charge in [0.1, 0.15) is 16.4 Å². The zero-order valence-corrected chi connectivity index (χ0v) is 9.95. The van der Waals surface area contributed by atoms with Gasteiger partial charge >= 0.3 is 0 Å². The molecule has 0 atom stereocenters. The quantitative estimate of drug-likeness (QED) is 0.769. The van der Waals surface area contributed by atoms with E-state index in [9.17, 15) is 4.39 Å². The highest BCUT2D eigenvalue weighted by atomic mass is 32.1. The van der Waals surface area contributed by atoms with Crippen molar-refractivity contribution in [3.8, 4) is 11.6 Å². The Labute approximate surface area is 106 Å². The number of halogens is 1. The van der Waals surface area contributed by atoms with Gasteiger partial charge in [0.2, 0.25) is 11.8 Å². The molecule has 0 unspecified atom stereocenters. The number of hydrogen-bond acceptors (Lipinski definition) is 5. The molecule has 4 nitrogen and oxygen atoms in total. The van der Waals surface area contributed by atoms with Crippen LogP contribution in [0, 0.1) is 5.82 Å². The van der Waals surface area contributed by atoms with Crippen LogP contribution in [-0.4, -0.2) is 9.97 Å². The van der Waals surface area contributed by atoms with E-state index in [-0.39, 0.29) is 11.8 Å². The molecule has 2 N–H and O–H groups in total. The molecule has 3 rings (SSSR count). The SMILES string of the molecule is Nc1nc(Oc2ccc(F)cc2)c2ccsc2n1. The third-order valence-corrected chi connectivity index (χ3v) is 3.14. The molecule has 0 bridgehead atoms. The molecule has 0 amide bonds. The summed E-state index contributed by atoms with van der Waals surface area (Å²) in [5.41, 5.74) is 5.61. The summed E-state index contributed by atoms with van der Waals surface area (Å²) < 4.78 is 18.4. The van der Waals surface area contributed by atoms with Crippen molar-refractivity contribution in [1.82, 2.24) is 9.97 Å². The molecule has 0 spiro atoms. The predicted molar refractivity (Wildman–Crippen MR) is 68.3 cm³/mol. The number of thiophene rings is 1. The molecule has 18 heavy (non-hydrogen) atoms. The molecule has 0 saturated heterocycles. The minimum Gasteiger partial charge on any atom is -0.438 e. The second-order valence-corrected chi connectivity index (χ2v) is 4.48. The topological polar surface area (TPSA) is 61.0 Å². The Kier molecular flexibility index (Phi) is 2.56. The lowest BCUT2D eigenvalue weighted by Crippen LogP contribution is -1.97. The van der Waals surface area contributed by atoms with Gasteiger partial charge in [-0.3, -0.25) is 0 Å². The molecule has 0 aliphatic carbocycles. The lowest BCUT2D eigenvalue weighted by atomic mass is 10.3. The molecule has 0 aliphatic rings. The van der Waals surface area contributed by atoms with E-state index in [1.807, 2.05) is 11.4 Å². The molecule has 2 heterocycles. The highest BCUT2D eigenvalue weighted by Gasteiger charge is 2.09. The van der Waals surface area contributed by atoms with Gasteiger partial charge in [-0.15, -0.1) is 11.3 Å². The van der Waals surface area contributed by atoms with E-state index in [2.05, 4.69) is 9.97 Å². The number of hydrogen-bond donors (Lipinski definition) is 1. The fraction of sp³-hybridized carbons (Fsp3) is 0. The maximum atomic E-state index is 12.8. The Morgan fingerprint density at radius 3 is 2.67 bits per heavy atom. The monoisotopic (exact) mass is 261 g/mol. The molecular formula is C12H8FN3OS. The first kappa shape index (κ1) is 10.9. The van der Waals surface area contributed by atoms with Crippen molar-refractivity contribution < 1.29 is 9.13 Å². The van der Waals surface area contributed by atoms with Crippen LogP contribution in [0.3, 0.4) is 0 Å². The largest absolute Gasteiger partial charge is 0.438 e. The van der Waals surface area contributed by atoms with Crippen molar-refractivity contribution in [3.05, 3.63) is 41.5 Å². The number of anilines is 1. The zero-order chi connectivity index (χ0) is 12.5. The number of ether oxygens (including phenoxy) is 1. The van der Waals surface area contributed by atoms with E-state index in [1.54, 1.807) is 0 Å². The van der Waals surface area contributed by atoms with Crippen LogP contribution in [0.4, 0.5) is 10.3 Å². The molecule has 6 heteroatoms. The van der Waals surface area contributed by atoms with Crippen LogP contribution in [0.1, 0.15) is 0 Å². The molecule has 0 saturated carbocycles. The van der Waals surface area contributed by atoms with Crippen molar-refractivity contribution >= 4 is 27.5 Å². The Morgan fingerprint density at radius 2 is 1.89 bits per heavy atom. The van der Waals surface area contributed by atoms with Crippen LogP contribution in [0.15, 0.2) is 35.7 Å². The molecule has 2 aromatic heterocycles. The number of nitrogens with two attached hydrogens (primary N) is 1. The van der Waals surface area contributed by atoms with Crippen LogP contribution in [0.25, 0.3) is 10.2 Å². The molecule has 0 aliphatic heterocycles. The van der Waals surface area contributed by atoms with Crippen molar-refractivity contribution in [2.45, 2.75) is 0 Å². The summed E-state index contributed by atoms with van der Waals surface area (Å²) >= 11 is 1.46. The fourth-order valence-corrected chi connectivity index (χ4v) is 2.30. The van der Waals surface area contributed by atoms with E-state index in [0.29, 0.717) is 11.6 Å². The number of fused-ring (bicyclic) bond motifs is 1. The van der Waals surface area contributed by atoms with E-state index < -0.39 is 0 Å². The van der Waals surface area contributed by atoms with E-state index in [0.717, 1.165) is 10.2 Å². The van der Waals surface area contributed by atoms with Gasteiger partial charge in [-0.05, 0) is 35.7 Å². The predicted octanol–water partition coefficient (Wildman–Crippen LogP) is 3.20. The Hall–Kier alpha value is -2.21. The van der Waals surface area contributed by atoms with Gasteiger partial charge in [-0.25, -0.2) is 9.37 Å². The minimum atomic E-state index is -0.315. The van der Waals surface area contributed by atoms with E-state index in [1.165, 1.54) is 35.6 Å². The van der Waals surface area contributed by atoms with Crippen molar-refractivity contribution in [2.75, 3.05) is 5.73 Å². The summed E-state index contributed by atoms with van der Waals surface area (Å²) in [5.74, 6) is 0.722. The number of aromatic nitrogens is 2. The second-order valence-electron chi connectivity index (χ2n) is 3.58. The van der Waals surface area contributed by atoms with E-state index in [4.69, 9.17) is 10.5 Å². The highest BCUT2D eigenvalue weighted by Crippen LogP contribution is 2.30. The van der Waals surface area contributed by atoms with Crippen LogP contribution in [0.2, 0.25) is 0 Å². The van der Waals surface area contributed by atoms with Gasteiger partial charge in [0, 0.05) is 0 Å². The van der Waals surface area contributed by atoms with Gasteiger partial charge in [0.05, 0.1) is 5.39 Å². The van der Waals surface area contributed by atoms with Crippen LogP contribution in [-0.2, 0) is 0 Å². The maximum Gasteiger partial charge on any atom is 0.232 e. The van der Waals surface area contributed by atoms with Gasteiger partial charge in [-0.2, -0.15) is 4.98 Å². The first-order valence-electron chi connectivity index (χ1n) is 5.16. The minimum absolute atomic E-state index is 0.155. The normalized spacial score (nSPS) is 10.7. The Balaban J connectivity index is 2.03. The summed E-state index contributed by atoms with van der Waals surface area (Å²) in [7, 11) is 0. The van der Waals surface area contributed by atoms with Crippen molar-refractivity contribution in [2.24, 2.45) is 0 Å². The smallest absolute Gasteiger partial charge is 0.232 e. The summed E-state index contributed by atoms with van der Waals surface area (Å²) in [6, 6.07) is 7.57. The number of nitrogen functional groups attached to an aromatic ring is 1. The van der Waals surface area contributed by atoms with Gasteiger partial charge in [0.25, 0.3) is 0 Å². The summed E-state index contributed by atoms with van der Waals surface area (Å²) in [5, 5.41) is 2.68. The van der Waals surface area contributed by atoms with E-state index >= 15 is 0 Å². The first-order valence-corrected chi connectivity index (χ1v) is 6.04. The van der Waals surface area contributed by atoms with Crippen LogP contribution in [0.5, 0.6) is 11.6 Å². The first-order chi connectivity index (χ1) is 8.72. The summed E-state index contributed by atoms with van der Waals surface area (Å²) in [6.45, 7) is 0. The maximum absolute atomic E-state index is 12.8. The average Bonchev–Trinajstić information content (AvgIpc) is 2.80. The third-order valence-electron chi connectivity index (χ3n) is 2.34. The lowest BCUT2D eigenvalue weighted by Gasteiger charge is -2.06. The Morgan fingerprint density at radius 1 is 1.11 bits per heavy atom. The molecular weight excluding hydrogens is 253 g/mol. The number of nitrogens with zero attached hydrogens (tertiary/aromatic N) is 2. The molecule has 1 aromatic carbocycles. The lowest BCUT2D eigenvalue weighted by molar-refractivity contribution is 0.467. The van der Waals surface area contributed by atoms with Crippen molar-refractivity contribution in [3.63, 3.8) is 0 Å². The number of rotatable bonds is 2. The number of benzene rings is 1. The zero-order valence-electron chi connectivity index (χ0n) is 9.13. The average molecular weight is 261 g/mol. The second kappa shape index (κ2) is 4.23. The van der Waals surface area contributed by atoms with Crippen LogP contribution < -0.4 is 10.5 Å². The third kappa shape index (κ3) is 1.98. The fourth-order valence-electron chi connectivity index (χ4n) is 1.54. The molecule has 3 aromatic rings. The van der Waals surface area contributed by atoms with Gasteiger partial charge in [0.15, 0.2) is 0 Å². The van der Waals surface area contributed by atoms with Crippen LogP contribution >= 0.6 is 11.3 Å². The molecule has 0 radical (unpaired) electrons. The molecule has 0 fully saturated rings. The standard InChI is InChI=1S/C12H8FN3OS/c13-7-1-3-8(4-2-7)17-10-9-5-6-18-11(9)16-12(14)15-10/h1-6H,(H2,14,15,16). The van der Waals surface area contributed by atoms with Crippen molar-refractivity contribution in [1.29, 1.82) is 0 Å². The highest BCUT2D eigenvalue weighted by molar-refractivity contribution is 7.16. The van der Waals surface area contributed by atoms with Gasteiger partial charge in [-0.1, -0.05) is 0 Å².